The molecule has 3 rings (SSSR count). The normalized spacial score (nSPS) is 23.1. The van der Waals surface area contributed by atoms with Crippen LogP contribution in [0.4, 0.5) is 0 Å². The minimum absolute atomic E-state index is 0.231. The van der Waals surface area contributed by atoms with Crippen LogP contribution < -0.4 is 5.73 Å². The lowest BCUT2D eigenvalue weighted by Crippen LogP contribution is -2.60. The van der Waals surface area contributed by atoms with Gasteiger partial charge in [-0.3, -0.25) is 4.90 Å². The molecular formula is C17H29N3S. The Labute approximate surface area is 133 Å². The molecule has 2 aliphatic rings. The van der Waals surface area contributed by atoms with Crippen molar-refractivity contribution in [2.45, 2.75) is 63.7 Å². The molecule has 0 amide bonds. The van der Waals surface area contributed by atoms with Gasteiger partial charge in [0.05, 0.1) is 0 Å². The predicted molar refractivity (Wildman–Crippen MR) is 90.6 cm³/mol. The summed E-state index contributed by atoms with van der Waals surface area (Å²) < 4.78 is 0. The van der Waals surface area contributed by atoms with E-state index in [1.807, 2.05) is 0 Å². The smallest absolute Gasteiger partial charge is 0.0362 e. The average Bonchev–Trinajstić information content (AvgIpc) is 3.21. The van der Waals surface area contributed by atoms with Crippen LogP contribution in [0.15, 0.2) is 16.8 Å². The first-order valence-electron chi connectivity index (χ1n) is 8.36. The number of nitrogens with zero attached hydrogens (tertiary/aromatic N) is 2. The second kappa shape index (κ2) is 6.37. The molecule has 2 N–H and O–H groups in total. The van der Waals surface area contributed by atoms with Gasteiger partial charge in [-0.25, -0.2) is 0 Å². The molecule has 2 fully saturated rings. The highest BCUT2D eigenvalue weighted by molar-refractivity contribution is 7.07. The minimum atomic E-state index is 0.231. The van der Waals surface area contributed by atoms with E-state index in [1.54, 1.807) is 11.3 Å². The summed E-state index contributed by atoms with van der Waals surface area (Å²) in [7, 11) is 0. The van der Waals surface area contributed by atoms with Gasteiger partial charge >= 0.3 is 0 Å². The second-order valence-electron chi connectivity index (χ2n) is 7.05. The lowest BCUT2D eigenvalue weighted by atomic mass is 9.84. The SMILES string of the molecule is CC(C)N1CCC(CN)(N(Cc2ccsc2)C2CC2)CC1. The van der Waals surface area contributed by atoms with Gasteiger partial charge in [-0.15, -0.1) is 0 Å². The molecule has 0 atom stereocenters. The van der Waals surface area contributed by atoms with Crippen LogP contribution in [-0.2, 0) is 6.54 Å². The number of nitrogens with two attached hydrogens (primary N) is 1. The maximum atomic E-state index is 6.30. The van der Waals surface area contributed by atoms with Crippen LogP contribution in [0.1, 0.15) is 45.1 Å². The predicted octanol–water partition coefficient (Wildman–Crippen LogP) is 2.91. The number of likely N-dealkylation sites (tertiary alicyclic amines) is 1. The third-order valence-electron chi connectivity index (χ3n) is 5.37. The molecule has 1 aromatic rings. The van der Waals surface area contributed by atoms with Crippen molar-refractivity contribution in [1.29, 1.82) is 0 Å². The summed E-state index contributed by atoms with van der Waals surface area (Å²) >= 11 is 1.81. The van der Waals surface area contributed by atoms with E-state index in [0.29, 0.717) is 6.04 Å². The first-order chi connectivity index (χ1) is 10.1. The first-order valence-corrected chi connectivity index (χ1v) is 9.31. The standard InChI is InChI=1S/C17H29N3S/c1-14(2)19-8-6-17(13-18,7-9-19)20(16-3-4-16)11-15-5-10-21-12-15/h5,10,12,14,16H,3-4,6-9,11,13,18H2,1-2H3. The number of hydrogen-bond acceptors (Lipinski definition) is 4. The highest BCUT2D eigenvalue weighted by Gasteiger charge is 2.45. The zero-order valence-corrected chi connectivity index (χ0v) is 14.2. The van der Waals surface area contributed by atoms with Gasteiger partial charge in [-0.05, 0) is 61.9 Å². The molecule has 0 radical (unpaired) electrons. The van der Waals surface area contributed by atoms with Gasteiger partial charge in [0.2, 0.25) is 0 Å². The molecule has 0 spiro atoms. The maximum Gasteiger partial charge on any atom is 0.0362 e. The molecule has 118 valence electrons. The molecule has 4 heteroatoms. The van der Waals surface area contributed by atoms with Crippen LogP contribution in [-0.4, -0.2) is 47.1 Å². The summed E-state index contributed by atoms with van der Waals surface area (Å²) in [5.41, 5.74) is 7.99. The van der Waals surface area contributed by atoms with Crippen molar-refractivity contribution in [1.82, 2.24) is 9.80 Å². The van der Waals surface area contributed by atoms with E-state index in [9.17, 15) is 0 Å². The molecule has 0 aromatic carbocycles. The summed E-state index contributed by atoms with van der Waals surface area (Å²) in [5, 5.41) is 4.49. The summed E-state index contributed by atoms with van der Waals surface area (Å²) in [5.74, 6) is 0. The molecule has 1 saturated heterocycles. The molecule has 1 aromatic heterocycles. The van der Waals surface area contributed by atoms with E-state index in [0.717, 1.165) is 19.1 Å². The monoisotopic (exact) mass is 307 g/mol. The van der Waals surface area contributed by atoms with E-state index in [1.165, 1.54) is 44.3 Å². The molecule has 21 heavy (non-hydrogen) atoms. The van der Waals surface area contributed by atoms with E-state index in [4.69, 9.17) is 5.73 Å². The van der Waals surface area contributed by atoms with E-state index < -0.39 is 0 Å². The molecular weight excluding hydrogens is 278 g/mol. The Morgan fingerprint density at radius 1 is 1.38 bits per heavy atom. The molecule has 1 saturated carbocycles. The number of rotatable bonds is 6. The maximum absolute atomic E-state index is 6.30. The Kier molecular flexibility index (Phi) is 4.69. The molecule has 0 bridgehead atoms. The topological polar surface area (TPSA) is 32.5 Å². The molecule has 2 heterocycles. The van der Waals surface area contributed by atoms with Crippen LogP contribution >= 0.6 is 11.3 Å². The summed E-state index contributed by atoms with van der Waals surface area (Å²) in [4.78, 5) is 5.36. The number of thiophene rings is 1. The van der Waals surface area contributed by atoms with Gasteiger partial charge in [0.1, 0.15) is 0 Å². The Bertz CT molecular complexity index is 431. The van der Waals surface area contributed by atoms with Crippen LogP contribution in [0, 0.1) is 0 Å². The zero-order chi connectivity index (χ0) is 14.9. The molecule has 0 unspecified atom stereocenters. The fourth-order valence-corrected chi connectivity index (χ4v) is 4.37. The van der Waals surface area contributed by atoms with Crippen LogP contribution in [0.25, 0.3) is 0 Å². The summed E-state index contributed by atoms with van der Waals surface area (Å²) in [6.07, 6.45) is 5.17. The van der Waals surface area contributed by atoms with E-state index in [2.05, 4.69) is 40.5 Å². The Morgan fingerprint density at radius 3 is 2.57 bits per heavy atom. The van der Waals surface area contributed by atoms with Crippen LogP contribution in [0.3, 0.4) is 0 Å². The zero-order valence-electron chi connectivity index (χ0n) is 13.4. The van der Waals surface area contributed by atoms with Gasteiger partial charge in [0, 0.05) is 43.8 Å². The van der Waals surface area contributed by atoms with E-state index in [-0.39, 0.29) is 5.54 Å². The highest BCUT2D eigenvalue weighted by Crippen LogP contribution is 2.39. The average molecular weight is 308 g/mol. The lowest BCUT2D eigenvalue weighted by molar-refractivity contribution is 0.00658. The minimum Gasteiger partial charge on any atom is -0.329 e. The van der Waals surface area contributed by atoms with Gasteiger partial charge in [-0.1, -0.05) is 0 Å². The fourth-order valence-electron chi connectivity index (χ4n) is 3.71. The fraction of sp³-hybridized carbons (Fsp3) is 0.765. The summed E-state index contributed by atoms with van der Waals surface area (Å²) in [6, 6.07) is 3.71. The van der Waals surface area contributed by atoms with Gasteiger partial charge < -0.3 is 10.6 Å². The van der Waals surface area contributed by atoms with Crippen molar-refractivity contribution in [3.8, 4) is 0 Å². The van der Waals surface area contributed by atoms with Crippen molar-refractivity contribution >= 4 is 11.3 Å². The Balaban J connectivity index is 1.73. The van der Waals surface area contributed by atoms with Gasteiger partial charge in [-0.2, -0.15) is 11.3 Å². The number of hydrogen-bond donors (Lipinski definition) is 1. The van der Waals surface area contributed by atoms with Crippen molar-refractivity contribution in [2.24, 2.45) is 5.73 Å². The van der Waals surface area contributed by atoms with Crippen LogP contribution in [0.2, 0.25) is 0 Å². The third-order valence-corrected chi connectivity index (χ3v) is 6.10. The largest absolute Gasteiger partial charge is 0.329 e. The van der Waals surface area contributed by atoms with Crippen LogP contribution in [0.5, 0.6) is 0 Å². The van der Waals surface area contributed by atoms with Gasteiger partial charge in [0.25, 0.3) is 0 Å². The van der Waals surface area contributed by atoms with Crippen molar-refractivity contribution < 1.29 is 0 Å². The second-order valence-corrected chi connectivity index (χ2v) is 7.83. The van der Waals surface area contributed by atoms with Crippen molar-refractivity contribution in [2.75, 3.05) is 19.6 Å². The molecule has 1 aliphatic carbocycles. The highest BCUT2D eigenvalue weighted by atomic mass is 32.1. The van der Waals surface area contributed by atoms with Crippen molar-refractivity contribution in [3.63, 3.8) is 0 Å². The summed E-state index contributed by atoms with van der Waals surface area (Å²) in [6.45, 7) is 8.90. The lowest BCUT2D eigenvalue weighted by Gasteiger charge is -2.49. The number of piperidine rings is 1. The molecule has 1 aliphatic heterocycles. The molecule has 3 nitrogen and oxygen atoms in total. The quantitative estimate of drug-likeness (QED) is 0.877. The van der Waals surface area contributed by atoms with Crippen molar-refractivity contribution in [3.05, 3.63) is 22.4 Å². The van der Waals surface area contributed by atoms with Gasteiger partial charge in [0.15, 0.2) is 0 Å². The van der Waals surface area contributed by atoms with E-state index >= 15 is 0 Å². The Hall–Kier alpha value is -0.420. The third kappa shape index (κ3) is 3.34. The Morgan fingerprint density at radius 2 is 2.10 bits per heavy atom. The first kappa shape index (κ1) is 15.5.